The number of rotatable bonds is 5. The Labute approximate surface area is 123 Å². The number of aryl methyl sites for hydroxylation is 1. The standard InChI is InChI=1S/C17H17N3O/c1-20-12-13(16-4-2-3-5-17(16)20)10-11-18-14-6-8-15(19-21)9-7-14/h2-9,12,18H,10-11H2,1H3/p+1. The number of benzene rings is 2. The van der Waals surface area contributed by atoms with E-state index in [1.807, 2.05) is 17.3 Å². The van der Waals surface area contributed by atoms with Gasteiger partial charge in [-0.3, -0.25) is 0 Å². The molecule has 0 aliphatic heterocycles. The number of para-hydroxylation sites is 1. The van der Waals surface area contributed by atoms with Crippen LogP contribution in [-0.2, 0) is 13.5 Å². The highest BCUT2D eigenvalue weighted by molar-refractivity contribution is 5.83. The van der Waals surface area contributed by atoms with Gasteiger partial charge in [-0.2, -0.15) is 0 Å². The van der Waals surface area contributed by atoms with E-state index in [1.165, 1.54) is 16.5 Å². The van der Waals surface area contributed by atoms with Crippen LogP contribution in [0, 0.1) is 4.91 Å². The van der Waals surface area contributed by atoms with E-state index in [9.17, 15) is 4.91 Å². The van der Waals surface area contributed by atoms with E-state index >= 15 is 0 Å². The van der Waals surface area contributed by atoms with Crippen molar-refractivity contribution in [3.63, 3.8) is 0 Å². The van der Waals surface area contributed by atoms with Crippen molar-refractivity contribution in [1.82, 2.24) is 4.57 Å². The van der Waals surface area contributed by atoms with Gasteiger partial charge in [0.2, 0.25) is 0 Å². The normalized spacial score (nSPS) is 10.7. The third kappa shape index (κ3) is 2.79. The molecule has 21 heavy (non-hydrogen) atoms. The van der Waals surface area contributed by atoms with E-state index in [0.717, 1.165) is 18.7 Å². The van der Waals surface area contributed by atoms with Crippen molar-refractivity contribution >= 4 is 22.3 Å². The minimum absolute atomic E-state index is 0.578. The van der Waals surface area contributed by atoms with Crippen LogP contribution in [0.4, 0.5) is 11.4 Å². The number of fused-ring (bicyclic) bond motifs is 1. The fraction of sp³-hybridized carbons (Fsp3) is 0.176. The molecule has 0 unspecified atom stereocenters. The van der Waals surface area contributed by atoms with Crippen LogP contribution in [0.1, 0.15) is 5.56 Å². The van der Waals surface area contributed by atoms with Gasteiger partial charge in [0.25, 0.3) is 5.69 Å². The van der Waals surface area contributed by atoms with E-state index in [4.69, 9.17) is 0 Å². The zero-order valence-electron chi connectivity index (χ0n) is 12.0. The lowest BCUT2D eigenvalue weighted by atomic mass is 10.1. The molecule has 1 heterocycles. The Balaban J connectivity index is 1.67. The summed E-state index contributed by atoms with van der Waals surface area (Å²) in [5.74, 6) is 0. The molecule has 3 rings (SSSR count). The molecule has 4 heteroatoms. The average Bonchev–Trinajstić information content (AvgIpc) is 2.85. The molecular formula is C17H18N3O+. The molecule has 4 nitrogen and oxygen atoms in total. The predicted molar refractivity (Wildman–Crippen MR) is 85.5 cm³/mol. The highest BCUT2D eigenvalue weighted by atomic mass is 16.3. The van der Waals surface area contributed by atoms with Crippen molar-refractivity contribution < 1.29 is 5.18 Å². The maximum atomic E-state index is 10.5. The van der Waals surface area contributed by atoms with Gasteiger partial charge in [-0.1, -0.05) is 18.2 Å². The van der Waals surface area contributed by atoms with Gasteiger partial charge in [-0.05, 0) is 30.2 Å². The topological polar surface area (TPSA) is 48.0 Å². The van der Waals surface area contributed by atoms with Gasteiger partial charge < -0.3 is 9.88 Å². The molecule has 0 saturated carbocycles. The Kier molecular flexibility index (Phi) is 3.69. The molecule has 0 fully saturated rings. The molecule has 0 aliphatic rings. The van der Waals surface area contributed by atoms with Crippen LogP contribution in [-0.4, -0.2) is 11.1 Å². The van der Waals surface area contributed by atoms with Gasteiger partial charge in [-0.25, -0.2) is 0 Å². The summed E-state index contributed by atoms with van der Waals surface area (Å²) < 4.78 is 2.17. The van der Waals surface area contributed by atoms with Gasteiger partial charge >= 0.3 is 0 Å². The molecule has 2 N–H and O–H groups in total. The summed E-state index contributed by atoms with van der Waals surface area (Å²) in [7, 11) is 2.08. The summed E-state index contributed by atoms with van der Waals surface area (Å²) in [6.45, 7) is 0.859. The molecule has 0 bridgehead atoms. The lowest BCUT2D eigenvalue weighted by Gasteiger charge is -2.05. The molecule has 2 aromatic carbocycles. The number of aromatic nitrogens is 1. The number of nitroso groups, excluding NO2 is 1. The molecule has 3 aromatic rings. The summed E-state index contributed by atoms with van der Waals surface area (Å²) in [5, 5.41) is 6.57. The smallest absolute Gasteiger partial charge is 0.253 e. The van der Waals surface area contributed by atoms with Crippen molar-refractivity contribution in [3.05, 3.63) is 65.2 Å². The second-order valence-electron chi connectivity index (χ2n) is 5.14. The molecule has 0 spiro atoms. The summed E-state index contributed by atoms with van der Waals surface area (Å²) >= 11 is 0. The van der Waals surface area contributed by atoms with Crippen molar-refractivity contribution in [2.24, 2.45) is 7.05 Å². The monoisotopic (exact) mass is 280 g/mol. The summed E-state index contributed by atoms with van der Waals surface area (Å²) in [6, 6.07) is 15.8. The first-order valence-electron chi connectivity index (χ1n) is 7.03. The molecule has 0 radical (unpaired) electrons. The Bertz CT molecular complexity index is 759. The third-order valence-electron chi connectivity index (χ3n) is 3.71. The van der Waals surface area contributed by atoms with Gasteiger partial charge in [0.1, 0.15) is 0 Å². The fourth-order valence-electron chi connectivity index (χ4n) is 2.62. The zero-order valence-corrected chi connectivity index (χ0v) is 12.0. The largest absolute Gasteiger partial charge is 0.385 e. The summed E-state index contributed by atoms with van der Waals surface area (Å²) in [6.07, 6.45) is 3.15. The summed E-state index contributed by atoms with van der Waals surface area (Å²) in [4.78, 5) is 10.5. The van der Waals surface area contributed by atoms with E-state index < -0.39 is 0 Å². The number of hydrogen-bond donors (Lipinski definition) is 2. The first kappa shape index (κ1) is 13.4. The molecule has 0 amide bonds. The van der Waals surface area contributed by atoms with Crippen LogP contribution < -0.4 is 10.5 Å². The van der Waals surface area contributed by atoms with Crippen LogP contribution in [0.25, 0.3) is 10.9 Å². The van der Waals surface area contributed by atoms with Crippen molar-refractivity contribution in [3.8, 4) is 0 Å². The minimum Gasteiger partial charge on any atom is -0.385 e. The quantitative estimate of drug-likeness (QED) is 0.753. The lowest BCUT2D eigenvalue weighted by molar-refractivity contribution is -0.379. The van der Waals surface area contributed by atoms with E-state index in [0.29, 0.717) is 5.69 Å². The van der Waals surface area contributed by atoms with Crippen LogP contribution in [0.15, 0.2) is 54.7 Å². The van der Waals surface area contributed by atoms with Gasteiger partial charge in [-0.15, -0.1) is 0 Å². The highest BCUT2D eigenvalue weighted by Gasteiger charge is 2.05. The molecule has 1 aromatic heterocycles. The zero-order chi connectivity index (χ0) is 14.7. The Morgan fingerprint density at radius 2 is 1.86 bits per heavy atom. The van der Waals surface area contributed by atoms with E-state index in [2.05, 4.69) is 47.4 Å². The van der Waals surface area contributed by atoms with E-state index in [1.54, 1.807) is 12.1 Å². The fourth-order valence-corrected chi connectivity index (χ4v) is 2.62. The number of nitrogens with one attached hydrogen (secondary N) is 2. The molecular weight excluding hydrogens is 262 g/mol. The van der Waals surface area contributed by atoms with E-state index in [-0.39, 0.29) is 0 Å². The Morgan fingerprint density at radius 1 is 1.10 bits per heavy atom. The summed E-state index contributed by atoms with van der Waals surface area (Å²) in [5.41, 5.74) is 4.21. The van der Waals surface area contributed by atoms with Crippen LogP contribution in [0.2, 0.25) is 0 Å². The SMILES string of the molecule is Cn1cc(CCNc2ccc([NH+]=O)cc2)c2ccccc21. The minimum atomic E-state index is 0.578. The molecule has 0 saturated heterocycles. The van der Waals surface area contributed by atoms with Gasteiger partial charge in [0.05, 0.1) is 0 Å². The maximum absolute atomic E-state index is 10.5. The van der Waals surface area contributed by atoms with Crippen LogP contribution in [0.3, 0.4) is 0 Å². The average molecular weight is 280 g/mol. The van der Waals surface area contributed by atoms with Crippen molar-refractivity contribution in [1.29, 1.82) is 0 Å². The maximum Gasteiger partial charge on any atom is 0.253 e. The van der Waals surface area contributed by atoms with Crippen molar-refractivity contribution in [2.75, 3.05) is 11.9 Å². The first-order chi connectivity index (χ1) is 10.3. The number of anilines is 1. The number of hydrogen-bond acceptors (Lipinski definition) is 2. The third-order valence-corrected chi connectivity index (χ3v) is 3.71. The second-order valence-corrected chi connectivity index (χ2v) is 5.14. The lowest BCUT2D eigenvalue weighted by Crippen LogP contribution is -2.55. The van der Waals surface area contributed by atoms with Crippen LogP contribution >= 0.6 is 0 Å². The van der Waals surface area contributed by atoms with Crippen molar-refractivity contribution in [2.45, 2.75) is 6.42 Å². The van der Waals surface area contributed by atoms with Gasteiger partial charge in [0, 0.05) is 58.6 Å². The Hall–Kier alpha value is -2.62. The predicted octanol–water partition coefficient (Wildman–Crippen LogP) is 2.31. The molecule has 106 valence electrons. The number of nitrogens with zero attached hydrogens (tertiary/aromatic N) is 1. The second kappa shape index (κ2) is 5.79. The Morgan fingerprint density at radius 3 is 2.62 bits per heavy atom. The van der Waals surface area contributed by atoms with Crippen LogP contribution in [0.5, 0.6) is 0 Å². The van der Waals surface area contributed by atoms with Gasteiger partial charge in [0.15, 0.2) is 0 Å². The first-order valence-corrected chi connectivity index (χ1v) is 7.03. The molecule has 0 atom stereocenters. The highest BCUT2D eigenvalue weighted by Crippen LogP contribution is 2.20. The molecule has 0 aliphatic carbocycles.